The highest BCUT2D eigenvalue weighted by Crippen LogP contribution is 2.27. The van der Waals surface area contributed by atoms with Crippen LogP contribution in [0.1, 0.15) is 22.7 Å². The van der Waals surface area contributed by atoms with E-state index in [4.69, 9.17) is 9.47 Å². The maximum absolute atomic E-state index is 12.5. The summed E-state index contributed by atoms with van der Waals surface area (Å²) >= 11 is 0. The Morgan fingerprint density at radius 1 is 0.828 bits per heavy atom. The summed E-state index contributed by atoms with van der Waals surface area (Å²) in [7, 11) is 3.22. The fourth-order valence-corrected chi connectivity index (χ4v) is 3.19. The lowest BCUT2D eigenvalue weighted by molar-refractivity contribution is 0.239. The molecule has 2 N–H and O–H groups in total. The molecule has 0 heterocycles. The molecular weight excluding hydrogens is 364 g/mol. The predicted octanol–water partition coefficient (Wildman–Crippen LogP) is 4.34. The van der Waals surface area contributed by atoms with Crippen LogP contribution in [0.4, 0.5) is 4.79 Å². The van der Waals surface area contributed by atoms with Gasteiger partial charge in [0, 0.05) is 6.54 Å². The van der Waals surface area contributed by atoms with Crippen LogP contribution in [-0.4, -0.2) is 26.8 Å². The van der Waals surface area contributed by atoms with Gasteiger partial charge in [0.05, 0.1) is 20.3 Å². The molecular formula is C24H26N2O3. The van der Waals surface area contributed by atoms with Crippen molar-refractivity contribution in [2.45, 2.75) is 12.5 Å². The molecule has 0 unspecified atom stereocenters. The first-order valence-electron chi connectivity index (χ1n) is 9.56. The Balaban J connectivity index is 1.61. The lowest BCUT2D eigenvalue weighted by Crippen LogP contribution is -2.39. The Kier molecular flexibility index (Phi) is 7.11. The van der Waals surface area contributed by atoms with Crippen LogP contribution in [-0.2, 0) is 6.42 Å². The highest BCUT2D eigenvalue weighted by Gasteiger charge is 2.16. The molecule has 0 aliphatic carbocycles. The largest absolute Gasteiger partial charge is 0.493 e. The van der Waals surface area contributed by atoms with Crippen molar-refractivity contribution in [3.8, 4) is 11.5 Å². The Morgan fingerprint density at radius 3 is 1.97 bits per heavy atom. The van der Waals surface area contributed by atoms with Crippen LogP contribution in [0.2, 0.25) is 0 Å². The topological polar surface area (TPSA) is 59.6 Å². The second-order valence-corrected chi connectivity index (χ2v) is 6.59. The number of amides is 2. The maximum Gasteiger partial charge on any atom is 0.315 e. The average Bonchev–Trinajstić information content (AvgIpc) is 2.78. The van der Waals surface area contributed by atoms with Gasteiger partial charge in [-0.2, -0.15) is 0 Å². The summed E-state index contributed by atoms with van der Waals surface area (Å²) in [4.78, 5) is 12.5. The summed E-state index contributed by atoms with van der Waals surface area (Å²) < 4.78 is 10.6. The number of benzene rings is 3. The third kappa shape index (κ3) is 5.51. The Labute approximate surface area is 171 Å². The minimum atomic E-state index is -0.210. The van der Waals surface area contributed by atoms with Crippen molar-refractivity contribution in [2.75, 3.05) is 20.8 Å². The molecule has 3 aromatic rings. The van der Waals surface area contributed by atoms with Crippen molar-refractivity contribution in [3.63, 3.8) is 0 Å². The van der Waals surface area contributed by atoms with Gasteiger partial charge in [0.1, 0.15) is 0 Å². The van der Waals surface area contributed by atoms with Gasteiger partial charge in [0.2, 0.25) is 0 Å². The number of hydrogen-bond acceptors (Lipinski definition) is 3. The van der Waals surface area contributed by atoms with E-state index in [0.717, 1.165) is 16.7 Å². The number of carbonyl (C=O) groups is 1. The van der Waals surface area contributed by atoms with E-state index in [1.165, 1.54) is 0 Å². The minimum Gasteiger partial charge on any atom is -0.493 e. The Morgan fingerprint density at radius 2 is 1.41 bits per heavy atom. The monoisotopic (exact) mass is 390 g/mol. The highest BCUT2D eigenvalue weighted by atomic mass is 16.5. The summed E-state index contributed by atoms with van der Waals surface area (Å²) in [5.41, 5.74) is 3.13. The number of ether oxygens (including phenoxy) is 2. The van der Waals surface area contributed by atoms with E-state index in [0.29, 0.717) is 24.5 Å². The number of nitrogens with one attached hydrogen (secondary N) is 2. The Bertz CT molecular complexity index is 874. The van der Waals surface area contributed by atoms with Gasteiger partial charge >= 0.3 is 6.03 Å². The normalized spacial score (nSPS) is 10.4. The zero-order chi connectivity index (χ0) is 20.5. The molecule has 5 nitrogen and oxygen atoms in total. The number of rotatable bonds is 8. The van der Waals surface area contributed by atoms with Gasteiger partial charge in [-0.25, -0.2) is 4.79 Å². The lowest BCUT2D eigenvalue weighted by atomic mass is 9.99. The molecule has 2 amide bonds. The zero-order valence-electron chi connectivity index (χ0n) is 16.7. The summed E-state index contributed by atoms with van der Waals surface area (Å²) in [6.45, 7) is 0.512. The molecule has 0 spiro atoms. The second-order valence-electron chi connectivity index (χ2n) is 6.59. The number of carbonyl (C=O) groups excluding carboxylic acids is 1. The van der Waals surface area contributed by atoms with Crippen molar-refractivity contribution in [3.05, 3.63) is 95.6 Å². The Hall–Kier alpha value is -3.47. The van der Waals surface area contributed by atoms with Gasteiger partial charge in [0.25, 0.3) is 0 Å². The SMILES string of the molecule is COc1ccc(CCNC(=O)NC(c2ccccc2)c2ccccc2)cc1OC. The van der Waals surface area contributed by atoms with Crippen molar-refractivity contribution >= 4 is 6.03 Å². The lowest BCUT2D eigenvalue weighted by Gasteiger charge is -2.20. The quantitative estimate of drug-likeness (QED) is 0.602. The smallest absolute Gasteiger partial charge is 0.315 e. The second kappa shape index (κ2) is 10.2. The van der Waals surface area contributed by atoms with Gasteiger partial charge in [-0.3, -0.25) is 0 Å². The molecule has 0 atom stereocenters. The first-order chi connectivity index (χ1) is 14.2. The summed E-state index contributed by atoms with van der Waals surface area (Å²) in [5.74, 6) is 1.37. The molecule has 0 saturated heterocycles. The van der Waals surface area contributed by atoms with Crippen LogP contribution in [0.25, 0.3) is 0 Å². The van der Waals surface area contributed by atoms with E-state index in [1.807, 2.05) is 78.9 Å². The van der Waals surface area contributed by atoms with E-state index in [2.05, 4.69) is 10.6 Å². The molecule has 0 fully saturated rings. The van der Waals surface area contributed by atoms with Crippen molar-refractivity contribution in [2.24, 2.45) is 0 Å². The van der Waals surface area contributed by atoms with E-state index in [-0.39, 0.29) is 12.1 Å². The third-order valence-electron chi connectivity index (χ3n) is 4.69. The molecule has 0 aliphatic heterocycles. The van der Waals surface area contributed by atoms with Crippen molar-refractivity contribution in [1.29, 1.82) is 0 Å². The molecule has 29 heavy (non-hydrogen) atoms. The van der Waals surface area contributed by atoms with Crippen molar-refractivity contribution in [1.82, 2.24) is 10.6 Å². The third-order valence-corrected chi connectivity index (χ3v) is 4.69. The molecule has 0 aliphatic rings. The van der Waals surface area contributed by atoms with Crippen molar-refractivity contribution < 1.29 is 14.3 Å². The molecule has 0 aromatic heterocycles. The van der Waals surface area contributed by atoms with Gasteiger partial charge in [-0.15, -0.1) is 0 Å². The highest BCUT2D eigenvalue weighted by molar-refractivity contribution is 5.75. The van der Waals surface area contributed by atoms with Gasteiger partial charge in [-0.1, -0.05) is 66.7 Å². The number of urea groups is 1. The fourth-order valence-electron chi connectivity index (χ4n) is 3.19. The van der Waals surface area contributed by atoms with Crippen LogP contribution in [0, 0.1) is 0 Å². The summed E-state index contributed by atoms with van der Waals surface area (Å²) in [6, 6.07) is 25.2. The predicted molar refractivity (Wildman–Crippen MR) is 115 cm³/mol. The van der Waals surface area contributed by atoms with Crippen LogP contribution < -0.4 is 20.1 Å². The maximum atomic E-state index is 12.5. The molecule has 0 bridgehead atoms. The standard InChI is InChI=1S/C24H26N2O3/c1-28-21-14-13-18(17-22(21)29-2)15-16-25-24(27)26-23(19-9-5-3-6-10-19)20-11-7-4-8-12-20/h3-14,17,23H,15-16H2,1-2H3,(H2,25,26,27). The molecule has 3 rings (SSSR count). The van der Waals surface area contributed by atoms with E-state index in [9.17, 15) is 4.79 Å². The first-order valence-corrected chi connectivity index (χ1v) is 9.56. The van der Waals surface area contributed by atoms with E-state index < -0.39 is 0 Å². The fraction of sp³-hybridized carbons (Fsp3) is 0.208. The average molecular weight is 390 g/mol. The molecule has 150 valence electrons. The zero-order valence-corrected chi connectivity index (χ0v) is 16.7. The molecule has 0 radical (unpaired) electrons. The van der Waals surface area contributed by atoms with Crippen LogP contribution >= 0.6 is 0 Å². The van der Waals surface area contributed by atoms with Crippen LogP contribution in [0.3, 0.4) is 0 Å². The van der Waals surface area contributed by atoms with Gasteiger partial charge in [0.15, 0.2) is 11.5 Å². The molecule has 3 aromatic carbocycles. The first kappa shape index (κ1) is 20.3. The minimum absolute atomic E-state index is 0.205. The van der Waals surface area contributed by atoms with Crippen LogP contribution in [0.15, 0.2) is 78.9 Å². The summed E-state index contributed by atoms with van der Waals surface area (Å²) in [6.07, 6.45) is 0.690. The summed E-state index contributed by atoms with van der Waals surface area (Å²) in [5, 5.41) is 6.03. The van der Waals surface area contributed by atoms with Gasteiger partial charge < -0.3 is 20.1 Å². The molecule has 0 saturated carbocycles. The van der Waals surface area contributed by atoms with E-state index >= 15 is 0 Å². The van der Waals surface area contributed by atoms with E-state index in [1.54, 1.807) is 14.2 Å². The number of hydrogen-bond donors (Lipinski definition) is 2. The van der Waals surface area contributed by atoms with Crippen LogP contribution in [0.5, 0.6) is 11.5 Å². The number of methoxy groups -OCH3 is 2. The molecule has 5 heteroatoms. The van der Waals surface area contributed by atoms with Gasteiger partial charge in [-0.05, 0) is 35.2 Å².